The lowest BCUT2D eigenvalue weighted by Crippen LogP contribution is -2.31. The first-order valence-corrected chi connectivity index (χ1v) is 16.9. The van der Waals surface area contributed by atoms with Gasteiger partial charge in [0.2, 0.25) is 0 Å². The van der Waals surface area contributed by atoms with Gasteiger partial charge in [-0.3, -0.25) is 0 Å². The van der Waals surface area contributed by atoms with Crippen LogP contribution in [0.25, 0.3) is 11.1 Å². The van der Waals surface area contributed by atoms with Crippen LogP contribution in [-0.2, 0) is 24.4 Å². The van der Waals surface area contributed by atoms with Gasteiger partial charge in [-0.25, -0.2) is 0 Å². The molecule has 0 N–H and O–H groups in total. The average molecular weight is 635 g/mol. The van der Waals surface area contributed by atoms with Crippen molar-refractivity contribution in [3.63, 3.8) is 0 Å². The molecule has 2 aliphatic heterocycles. The van der Waals surface area contributed by atoms with Gasteiger partial charge in [0.05, 0.1) is 44.1 Å². The smallest absolute Gasteiger partial charge is 0.125 e. The van der Waals surface area contributed by atoms with Gasteiger partial charge in [-0.1, -0.05) is 72.8 Å². The zero-order chi connectivity index (χ0) is 32.7. The topological polar surface area (TPSA) is 62.0 Å². The van der Waals surface area contributed by atoms with Crippen LogP contribution in [0.15, 0.2) is 72.8 Å². The van der Waals surface area contributed by atoms with E-state index < -0.39 is 5.41 Å². The highest BCUT2D eigenvalue weighted by molar-refractivity contribution is 5.87. The Kier molecular flexibility index (Phi) is 8.88. The lowest BCUT2D eigenvalue weighted by molar-refractivity contribution is 0.0238. The van der Waals surface area contributed by atoms with Crippen LogP contribution in [0.2, 0.25) is 0 Å². The van der Waals surface area contributed by atoms with Crippen molar-refractivity contribution in [3.05, 3.63) is 117 Å². The number of aryl methyl sites for hydroxylation is 2. The van der Waals surface area contributed by atoms with Gasteiger partial charge in [-0.05, 0) is 97.2 Å². The van der Waals surface area contributed by atoms with Gasteiger partial charge in [0.1, 0.15) is 36.9 Å². The Balaban J connectivity index is 1.34. The van der Waals surface area contributed by atoms with Gasteiger partial charge in [0, 0.05) is 0 Å². The first-order chi connectivity index (χ1) is 22.8. The Morgan fingerprint density at radius 1 is 0.596 bits per heavy atom. The second-order valence-electron chi connectivity index (χ2n) is 13.4. The van der Waals surface area contributed by atoms with Crippen molar-refractivity contribution in [3.8, 4) is 22.6 Å². The van der Waals surface area contributed by atoms with E-state index in [1.807, 2.05) is 0 Å². The largest absolute Gasteiger partial charge is 0.490 e. The number of rotatable bonds is 14. The van der Waals surface area contributed by atoms with Crippen molar-refractivity contribution in [2.45, 2.75) is 71.4 Å². The summed E-state index contributed by atoms with van der Waals surface area (Å²) in [5.74, 6) is 1.82. The third-order valence-electron chi connectivity index (χ3n) is 9.83. The minimum absolute atomic E-state index is 0.0502. The number of epoxide rings is 2. The summed E-state index contributed by atoms with van der Waals surface area (Å²) in [6, 6.07) is 26.7. The predicted octanol–water partition coefficient (Wildman–Crippen LogP) is 7.65. The summed E-state index contributed by atoms with van der Waals surface area (Å²) in [7, 11) is 0. The Labute approximate surface area is 278 Å². The van der Waals surface area contributed by atoms with Crippen LogP contribution in [0, 0.1) is 27.7 Å². The fraction of sp³-hybridized carbons (Fsp3) is 0.415. The summed E-state index contributed by atoms with van der Waals surface area (Å²) in [6.45, 7) is 16.5. The molecule has 6 heteroatoms. The Morgan fingerprint density at radius 3 is 1.40 bits per heavy atom. The summed E-state index contributed by atoms with van der Waals surface area (Å²) >= 11 is 0. The molecule has 7 rings (SSSR count). The second kappa shape index (κ2) is 13.1. The second-order valence-corrected chi connectivity index (χ2v) is 13.4. The van der Waals surface area contributed by atoms with Crippen molar-refractivity contribution >= 4 is 0 Å². The van der Waals surface area contributed by atoms with Crippen LogP contribution < -0.4 is 9.47 Å². The number of hydrogen-bond donors (Lipinski definition) is 0. The predicted molar refractivity (Wildman–Crippen MR) is 184 cm³/mol. The molecule has 4 aromatic carbocycles. The summed E-state index contributed by atoms with van der Waals surface area (Å²) < 4.78 is 35.9. The minimum atomic E-state index is -0.587. The highest BCUT2D eigenvalue weighted by atomic mass is 16.6. The van der Waals surface area contributed by atoms with Crippen LogP contribution >= 0.6 is 0 Å². The molecule has 0 spiro atoms. The highest BCUT2D eigenvalue weighted by Gasteiger charge is 2.48. The summed E-state index contributed by atoms with van der Waals surface area (Å²) in [6.07, 6.45) is 0.356. The zero-order valence-electron chi connectivity index (χ0n) is 28.4. The molecule has 0 bridgehead atoms. The van der Waals surface area contributed by atoms with Crippen LogP contribution in [0.3, 0.4) is 0 Å². The van der Waals surface area contributed by atoms with Crippen molar-refractivity contribution in [1.29, 1.82) is 0 Å². The maximum atomic E-state index is 6.61. The summed E-state index contributed by atoms with van der Waals surface area (Å²) in [5.41, 5.74) is 11.3. The zero-order valence-corrected chi connectivity index (χ0v) is 28.4. The monoisotopic (exact) mass is 634 g/mol. The molecule has 2 fully saturated rings. The van der Waals surface area contributed by atoms with Crippen molar-refractivity contribution < 1.29 is 28.4 Å². The first kappa shape index (κ1) is 31.9. The van der Waals surface area contributed by atoms with E-state index in [9.17, 15) is 0 Å². The maximum absolute atomic E-state index is 6.61. The molecule has 4 unspecified atom stereocenters. The van der Waals surface area contributed by atoms with Gasteiger partial charge < -0.3 is 28.4 Å². The van der Waals surface area contributed by atoms with E-state index >= 15 is 0 Å². The molecule has 4 atom stereocenters. The molecule has 0 radical (unpaired) electrons. The average Bonchev–Trinajstić information content (AvgIpc) is 4.01. The Bertz CT molecular complexity index is 1620. The van der Waals surface area contributed by atoms with Crippen molar-refractivity contribution in [1.82, 2.24) is 0 Å². The maximum Gasteiger partial charge on any atom is 0.125 e. The SMILES string of the molecule is Cc1ccc(C2(c3ccc(C)c(OCC(C)OCC4CO4)c3C)c3ccccc3-c3ccccc32)c(C)c1OCC(C)OCC1CO1. The third-order valence-corrected chi connectivity index (χ3v) is 9.83. The normalized spacial score (nSPS) is 19.9. The van der Waals surface area contributed by atoms with Gasteiger partial charge >= 0.3 is 0 Å². The van der Waals surface area contributed by atoms with E-state index in [1.54, 1.807) is 0 Å². The number of fused-ring (bicyclic) bond motifs is 3. The molecule has 2 saturated heterocycles. The fourth-order valence-corrected chi connectivity index (χ4v) is 7.24. The van der Waals surface area contributed by atoms with Crippen molar-refractivity contribution in [2.24, 2.45) is 0 Å². The Hall–Kier alpha value is -3.68. The molecular formula is C41H46O6. The molecule has 2 heterocycles. The summed E-state index contributed by atoms with van der Waals surface area (Å²) in [5, 5.41) is 0. The molecule has 6 nitrogen and oxygen atoms in total. The van der Waals surface area contributed by atoms with Gasteiger partial charge in [0.15, 0.2) is 0 Å². The van der Waals surface area contributed by atoms with E-state index in [1.165, 1.54) is 33.4 Å². The van der Waals surface area contributed by atoms with Gasteiger partial charge in [-0.2, -0.15) is 0 Å². The van der Waals surface area contributed by atoms with E-state index in [2.05, 4.69) is 114 Å². The van der Waals surface area contributed by atoms with Crippen LogP contribution in [0.5, 0.6) is 11.5 Å². The van der Waals surface area contributed by atoms with Gasteiger partial charge in [0.25, 0.3) is 0 Å². The van der Waals surface area contributed by atoms with E-state index in [0.29, 0.717) is 26.4 Å². The highest BCUT2D eigenvalue weighted by Crippen LogP contribution is 2.58. The number of benzene rings is 4. The molecule has 0 saturated carbocycles. The molecule has 47 heavy (non-hydrogen) atoms. The molecule has 1 aliphatic carbocycles. The molecule has 3 aliphatic rings. The van der Waals surface area contributed by atoms with Crippen molar-refractivity contribution in [2.75, 3.05) is 39.6 Å². The van der Waals surface area contributed by atoms with E-state index in [4.69, 9.17) is 28.4 Å². The fourth-order valence-electron chi connectivity index (χ4n) is 7.24. The molecular weight excluding hydrogens is 588 g/mol. The lowest BCUT2D eigenvalue weighted by atomic mass is 9.65. The van der Waals surface area contributed by atoms with Gasteiger partial charge in [-0.15, -0.1) is 0 Å². The minimum Gasteiger partial charge on any atom is -0.490 e. The Morgan fingerprint density at radius 2 is 1.00 bits per heavy atom. The number of ether oxygens (including phenoxy) is 6. The standard InChI is InChI=1S/C41H46O6/c1-25-15-17-35(29(5)39(25)46-19-27(3)42-21-31-23-44-31)41(37-13-9-7-11-33(37)34-12-8-10-14-38(34)41)36-18-16-26(2)40(30(36)6)47-20-28(4)43-22-32-24-45-32/h7-18,27-28,31-32H,19-24H2,1-6H3. The van der Waals surface area contributed by atoms with Crippen LogP contribution in [0.4, 0.5) is 0 Å². The van der Waals surface area contributed by atoms with Crippen LogP contribution in [0.1, 0.15) is 58.4 Å². The quantitative estimate of drug-likeness (QED) is 0.117. The third kappa shape index (κ3) is 6.09. The molecule has 0 amide bonds. The summed E-state index contributed by atoms with van der Waals surface area (Å²) in [4.78, 5) is 0. The lowest BCUT2D eigenvalue weighted by Gasteiger charge is -2.37. The van der Waals surface area contributed by atoms with E-state index in [-0.39, 0.29) is 24.4 Å². The molecule has 0 aromatic heterocycles. The van der Waals surface area contributed by atoms with Crippen LogP contribution in [-0.4, -0.2) is 64.1 Å². The first-order valence-electron chi connectivity index (χ1n) is 16.9. The molecule has 246 valence electrons. The number of hydrogen-bond acceptors (Lipinski definition) is 6. The molecule has 4 aromatic rings. The van der Waals surface area contributed by atoms with E-state index in [0.717, 1.165) is 47.0 Å².